The molecule has 0 fully saturated rings. The van der Waals surface area contributed by atoms with Crippen molar-refractivity contribution in [1.29, 1.82) is 0 Å². The molecule has 0 bridgehead atoms. The molecular weight excluding hydrogens is 194 g/mol. The standard InChI is InChI=1S/C10H19N3O2/c1-4-5-9(11)13-8(6-14)7(2)12-10(13)15-3/h9,14H,4-6,11H2,1-3H3. The van der Waals surface area contributed by atoms with E-state index in [0.717, 1.165) is 24.2 Å². The second kappa shape index (κ2) is 5.14. The maximum atomic E-state index is 9.25. The van der Waals surface area contributed by atoms with Crippen molar-refractivity contribution < 1.29 is 9.84 Å². The molecule has 5 heteroatoms. The molecule has 1 heterocycles. The van der Waals surface area contributed by atoms with E-state index in [0.29, 0.717) is 6.01 Å². The molecule has 0 aliphatic rings. The van der Waals surface area contributed by atoms with E-state index in [4.69, 9.17) is 10.5 Å². The monoisotopic (exact) mass is 213 g/mol. The van der Waals surface area contributed by atoms with Crippen LogP contribution in [0.15, 0.2) is 0 Å². The summed E-state index contributed by atoms with van der Waals surface area (Å²) in [7, 11) is 1.55. The molecule has 1 aromatic heterocycles. The third-order valence-electron chi connectivity index (χ3n) is 2.43. The Morgan fingerprint density at radius 3 is 2.73 bits per heavy atom. The maximum Gasteiger partial charge on any atom is 0.297 e. The number of rotatable bonds is 5. The number of ether oxygens (including phenoxy) is 1. The number of hydrogen-bond donors (Lipinski definition) is 2. The highest BCUT2D eigenvalue weighted by molar-refractivity contribution is 5.19. The van der Waals surface area contributed by atoms with Crippen molar-refractivity contribution in [3.05, 3.63) is 11.4 Å². The average Bonchev–Trinajstić information content (AvgIpc) is 2.54. The molecule has 0 saturated carbocycles. The summed E-state index contributed by atoms with van der Waals surface area (Å²) in [6.45, 7) is 3.83. The zero-order valence-corrected chi connectivity index (χ0v) is 9.53. The van der Waals surface area contributed by atoms with E-state index in [1.807, 2.05) is 6.92 Å². The van der Waals surface area contributed by atoms with Crippen molar-refractivity contribution in [2.45, 2.75) is 39.5 Å². The lowest BCUT2D eigenvalue weighted by Crippen LogP contribution is -2.21. The summed E-state index contributed by atoms with van der Waals surface area (Å²) >= 11 is 0. The van der Waals surface area contributed by atoms with Gasteiger partial charge in [-0.15, -0.1) is 0 Å². The fourth-order valence-electron chi connectivity index (χ4n) is 1.65. The van der Waals surface area contributed by atoms with E-state index in [9.17, 15) is 5.11 Å². The van der Waals surface area contributed by atoms with Gasteiger partial charge < -0.3 is 15.6 Å². The van der Waals surface area contributed by atoms with Gasteiger partial charge in [-0.3, -0.25) is 4.57 Å². The summed E-state index contributed by atoms with van der Waals surface area (Å²) in [6.07, 6.45) is 1.62. The lowest BCUT2D eigenvalue weighted by Gasteiger charge is -2.17. The van der Waals surface area contributed by atoms with E-state index in [1.165, 1.54) is 0 Å². The van der Waals surface area contributed by atoms with Gasteiger partial charge in [-0.05, 0) is 13.3 Å². The van der Waals surface area contributed by atoms with E-state index in [1.54, 1.807) is 11.7 Å². The van der Waals surface area contributed by atoms with E-state index < -0.39 is 0 Å². The third kappa shape index (κ3) is 2.30. The zero-order chi connectivity index (χ0) is 11.4. The Balaban J connectivity index is 3.10. The molecule has 86 valence electrons. The highest BCUT2D eigenvalue weighted by Crippen LogP contribution is 2.23. The molecule has 0 aliphatic heterocycles. The van der Waals surface area contributed by atoms with Crippen molar-refractivity contribution in [3.63, 3.8) is 0 Å². The molecule has 3 N–H and O–H groups in total. The Morgan fingerprint density at radius 2 is 2.27 bits per heavy atom. The molecule has 0 spiro atoms. The van der Waals surface area contributed by atoms with Gasteiger partial charge in [0.2, 0.25) is 0 Å². The summed E-state index contributed by atoms with van der Waals surface area (Å²) in [5, 5.41) is 9.25. The van der Waals surface area contributed by atoms with E-state index in [2.05, 4.69) is 11.9 Å². The predicted octanol–water partition coefficient (Wildman–Crippen LogP) is 0.950. The number of aliphatic hydroxyl groups is 1. The Morgan fingerprint density at radius 1 is 1.60 bits per heavy atom. The third-order valence-corrected chi connectivity index (χ3v) is 2.43. The highest BCUT2D eigenvalue weighted by atomic mass is 16.5. The first-order chi connectivity index (χ1) is 7.15. The first kappa shape index (κ1) is 12.0. The molecule has 1 unspecified atom stereocenters. The molecular formula is C10H19N3O2. The minimum absolute atomic E-state index is 0.0698. The fraction of sp³-hybridized carbons (Fsp3) is 0.700. The second-order valence-electron chi connectivity index (χ2n) is 3.51. The minimum Gasteiger partial charge on any atom is -0.468 e. The molecule has 0 amide bonds. The minimum atomic E-state index is -0.187. The van der Waals surface area contributed by atoms with E-state index >= 15 is 0 Å². The molecule has 5 nitrogen and oxygen atoms in total. The summed E-state index contributed by atoms with van der Waals surface area (Å²) < 4.78 is 6.90. The lowest BCUT2D eigenvalue weighted by molar-refractivity contribution is 0.255. The number of nitrogens with two attached hydrogens (primary N) is 1. The molecule has 0 aliphatic carbocycles. The molecule has 1 aromatic rings. The summed E-state index contributed by atoms with van der Waals surface area (Å²) in [6, 6.07) is 0.470. The van der Waals surface area contributed by atoms with Crippen LogP contribution in [0.25, 0.3) is 0 Å². The summed E-state index contributed by atoms with van der Waals surface area (Å²) in [5.41, 5.74) is 7.50. The quantitative estimate of drug-likeness (QED) is 0.763. The van der Waals surface area contributed by atoms with Crippen molar-refractivity contribution in [3.8, 4) is 6.01 Å². The van der Waals surface area contributed by atoms with Gasteiger partial charge in [0.25, 0.3) is 6.01 Å². The summed E-state index contributed by atoms with van der Waals surface area (Å²) in [5.74, 6) is 0. The first-order valence-corrected chi connectivity index (χ1v) is 5.13. The zero-order valence-electron chi connectivity index (χ0n) is 9.53. The van der Waals surface area contributed by atoms with Crippen LogP contribution in [-0.4, -0.2) is 21.8 Å². The van der Waals surface area contributed by atoms with Gasteiger partial charge in [-0.25, -0.2) is 4.98 Å². The molecule has 1 rings (SSSR count). The lowest BCUT2D eigenvalue weighted by atomic mass is 10.2. The Bertz CT molecular complexity index is 323. The van der Waals surface area contributed by atoms with Crippen LogP contribution < -0.4 is 10.5 Å². The molecule has 15 heavy (non-hydrogen) atoms. The van der Waals surface area contributed by atoms with Crippen LogP contribution in [-0.2, 0) is 6.61 Å². The van der Waals surface area contributed by atoms with Crippen LogP contribution in [0, 0.1) is 6.92 Å². The summed E-state index contributed by atoms with van der Waals surface area (Å²) in [4.78, 5) is 4.20. The molecule has 1 atom stereocenters. The van der Waals surface area contributed by atoms with Crippen molar-refractivity contribution >= 4 is 0 Å². The van der Waals surface area contributed by atoms with Crippen molar-refractivity contribution in [2.24, 2.45) is 5.73 Å². The predicted molar refractivity (Wildman–Crippen MR) is 57.6 cm³/mol. The van der Waals surface area contributed by atoms with Gasteiger partial charge in [0.05, 0.1) is 31.3 Å². The first-order valence-electron chi connectivity index (χ1n) is 5.13. The smallest absolute Gasteiger partial charge is 0.297 e. The van der Waals surface area contributed by atoms with Gasteiger partial charge in [0.1, 0.15) is 0 Å². The number of hydrogen-bond acceptors (Lipinski definition) is 4. The van der Waals surface area contributed by atoms with Gasteiger partial charge in [-0.1, -0.05) is 13.3 Å². The second-order valence-corrected chi connectivity index (χ2v) is 3.51. The van der Waals surface area contributed by atoms with Crippen molar-refractivity contribution in [2.75, 3.05) is 7.11 Å². The average molecular weight is 213 g/mol. The Kier molecular flexibility index (Phi) is 4.11. The van der Waals surface area contributed by atoms with Crippen LogP contribution >= 0.6 is 0 Å². The molecule has 0 radical (unpaired) electrons. The normalized spacial score (nSPS) is 12.9. The van der Waals surface area contributed by atoms with Gasteiger partial charge in [0, 0.05) is 0 Å². The van der Waals surface area contributed by atoms with Crippen LogP contribution in [0.5, 0.6) is 6.01 Å². The van der Waals surface area contributed by atoms with E-state index in [-0.39, 0.29) is 12.8 Å². The number of aryl methyl sites for hydroxylation is 1. The number of nitrogens with zero attached hydrogens (tertiary/aromatic N) is 2. The van der Waals surface area contributed by atoms with Crippen LogP contribution in [0.3, 0.4) is 0 Å². The van der Waals surface area contributed by atoms with Crippen LogP contribution in [0.1, 0.15) is 37.3 Å². The van der Waals surface area contributed by atoms with Crippen LogP contribution in [0.4, 0.5) is 0 Å². The van der Waals surface area contributed by atoms with Crippen LogP contribution in [0.2, 0.25) is 0 Å². The highest BCUT2D eigenvalue weighted by Gasteiger charge is 2.18. The van der Waals surface area contributed by atoms with Gasteiger partial charge >= 0.3 is 0 Å². The number of methoxy groups -OCH3 is 1. The SMILES string of the molecule is CCCC(N)n1c(OC)nc(C)c1CO. The number of imidazole rings is 1. The fourth-order valence-corrected chi connectivity index (χ4v) is 1.65. The largest absolute Gasteiger partial charge is 0.468 e. The molecule has 0 aromatic carbocycles. The van der Waals surface area contributed by atoms with Crippen molar-refractivity contribution in [1.82, 2.24) is 9.55 Å². The van der Waals surface area contributed by atoms with Gasteiger partial charge in [0.15, 0.2) is 0 Å². The van der Waals surface area contributed by atoms with Gasteiger partial charge in [-0.2, -0.15) is 0 Å². The Hall–Kier alpha value is -1.07. The Labute approximate surface area is 89.9 Å². The number of aliphatic hydroxyl groups excluding tert-OH is 1. The maximum absolute atomic E-state index is 9.25. The topological polar surface area (TPSA) is 73.3 Å². The molecule has 0 saturated heterocycles. The number of aromatic nitrogens is 2.